The molecule has 2 fully saturated rings. The normalized spacial score (nSPS) is 28.4. The summed E-state index contributed by atoms with van der Waals surface area (Å²) < 4.78 is 0. The Morgan fingerprint density at radius 3 is 2.55 bits per heavy atom. The monoisotopic (exact) mass is 276 g/mol. The van der Waals surface area contributed by atoms with E-state index in [4.69, 9.17) is 0 Å². The lowest BCUT2D eigenvalue weighted by atomic mass is 9.99. The van der Waals surface area contributed by atoms with E-state index in [2.05, 4.69) is 42.9 Å². The van der Waals surface area contributed by atoms with Gasteiger partial charge in [-0.15, -0.1) is 0 Å². The second-order valence-corrected chi connectivity index (χ2v) is 7.29. The fourth-order valence-corrected chi connectivity index (χ4v) is 3.83. The number of rotatable bonds is 2. The summed E-state index contributed by atoms with van der Waals surface area (Å²) >= 11 is 0. The van der Waals surface area contributed by atoms with Gasteiger partial charge in [-0.3, -0.25) is 9.89 Å². The molecule has 2 aliphatic rings. The molecule has 5 nitrogen and oxygen atoms in total. The van der Waals surface area contributed by atoms with Crippen LogP contribution in [0.4, 0.5) is 0 Å². The molecule has 1 atom stereocenters. The maximum Gasteiger partial charge on any atom is 0.227 e. The zero-order valence-corrected chi connectivity index (χ0v) is 12.8. The quantitative estimate of drug-likeness (QED) is 0.903. The van der Waals surface area contributed by atoms with Gasteiger partial charge in [0, 0.05) is 12.5 Å². The topological polar surface area (TPSA) is 61.9 Å². The van der Waals surface area contributed by atoms with Crippen LogP contribution in [0, 0.1) is 16.7 Å². The van der Waals surface area contributed by atoms with Crippen molar-refractivity contribution in [1.29, 1.82) is 0 Å². The van der Waals surface area contributed by atoms with E-state index < -0.39 is 0 Å². The second-order valence-electron chi connectivity index (χ2n) is 7.29. The van der Waals surface area contributed by atoms with E-state index in [9.17, 15) is 4.79 Å². The molecule has 1 amide bonds. The third kappa shape index (κ3) is 1.79. The Kier molecular flexibility index (Phi) is 2.92. The Balaban J connectivity index is 1.83. The molecule has 0 bridgehead atoms. The van der Waals surface area contributed by atoms with Crippen LogP contribution in [0.3, 0.4) is 0 Å². The Morgan fingerprint density at radius 2 is 2.00 bits per heavy atom. The minimum Gasteiger partial charge on any atom is -0.332 e. The summed E-state index contributed by atoms with van der Waals surface area (Å²) in [6, 6.07) is 0.0750. The van der Waals surface area contributed by atoms with Gasteiger partial charge in [0.05, 0.1) is 6.04 Å². The summed E-state index contributed by atoms with van der Waals surface area (Å²) in [6.07, 6.45) is 4.74. The van der Waals surface area contributed by atoms with Crippen LogP contribution in [0.15, 0.2) is 6.33 Å². The summed E-state index contributed by atoms with van der Waals surface area (Å²) in [4.78, 5) is 19.3. The minimum atomic E-state index is 0.0750. The molecule has 0 aromatic carbocycles. The predicted octanol–water partition coefficient (Wildman–Crippen LogP) is 2.54. The van der Waals surface area contributed by atoms with Gasteiger partial charge in [-0.25, -0.2) is 4.98 Å². The zero-order valence-electron chi connectivity index (χ0n) is 12.8. The third-order valence-corrected chi connectivity index (χ3v) is 5.80. The lowest BCUT2D eigenvalue weighted by molar-refractivity contribution is -0.138. The zero-order chi connectivity index (χ0) is 14.5. The van der Waals surface area contributed by atoms with Crippen molar-refractivity contribution in [2.45, 2.75) is 53.0 Å². The van der Waals surface area contributed by atoms with E-state index in [1.807, 2.05) is 4.90 Å². The van der Waals surface area contributed by atoms with Crippen LogP contribution in [0.1, 0.15) is 58.8 Å². The predicted molar refractivity (Wildman–Crippen MR) is 75.7 cm³/mol. The number of carbonyl (C=O) groups excluding carboxylic acids is 1. The highest BCUT2D eigenvalue weighted by Gasteiger charge is 2.69. The van der Waals surface area contributed by atoms with Gasteiger partial charge in [0.15, 0.2) is 0 Å². The molecular formula is C15H24N4O. The standard InChI is InChI=1S/C15H24N4O/c1-14(2)11(15(14,3)4)13(20)19-8-6-5-7-10(19)12-16-9-17-18-12/h9-11H,5-8H2,1-4H3,(H,16,17,18). The molecule has 1 saturated heterocycles. The van der Waals surface area contributed by atoms with Crippen molar-refractivity contribution in [2.75, 3.05) is 6.54 Å². The van der Waals surface area contributed by atoms with Gasteiger partial charge >= 0.3 is 0 Å². The first kappa shape index (κ1) is 13.6. The Morgan fingerprint density at radius 1 is 1.30 bits per heavy atom. The second kappa shape index (κ2) is 4.30. The Labute approximate surface area is 120 Å². The largest absolute Gasteiger partial charge is 0.332 e. The van der Waals surface area contributed by atoms with Crippen molar-refractivity contribution in [1.82, 2.24) is 20.1 Å². The molecule has 1 saturated carbocycles. The summed E-state index contributed by atoms with van der Waals surface area (Å²) in [6.45, 7) is 9.63. The van der Waals surface area contributed by atoms with Gasteiger partial charge in [-0.1, -0.05) is 27.7 Å². The van der Waals surface area contributed by atoms with E-state index in [0.717, 1.165) is 31.6 Å². The molecule has 20 heavy (non-hydrogen) atoms. The summed E-state index contributed by atoms with van der Waals surface area (Å²) in [7, 11) is 0. The molecule has 1 aliphatic heterocycles. The number of hydrogen-bond donors (Lipinski definition) is 1. The lowest BCUT2D eigenvalue weighted by Gasteiger charge is -2.35. The van der Waals surface area contributed by atoms with Crippen molar-refractivity contribution in [3.8, 4) is 0 Å². The molecule has 1 N–H and O–H groups in total. The molecule has 2 heterocycles. The minimum absolute atomic E-state index is 0.0750. The van der Waals surface area contributed by atoms with Crippen LogP contribution in [0.5, 0.6) is 0 Å². The molecule has 5 heteroatoms. The maximum absolute atomic E-state index is 13.0. The number of aromatic amines is 1. The van der Waals surface area contributed by atoms with E-state index in [1.165, 1.54) is 6.33 Å². The number of aromatic nitrogens is 3. The van der Waals surface area contributed by atoms with E-state index in [1.54, 1.807) is 0 Å². The highest BCUT2D eigenvalue weighted by Crippen LogP contribution is 2.69. The van der Waals surface area contributed by atoms with Crippen molar-refractivity contribution >= 4 is 5.91 Å². The first-order chi connectivity index (χ1) is 9.37. The SMILES string of the molecule is CC1(C)C(C(=O)N2CCCCC2c2ncn[nH]2)C1(C)C. The van der Waals surface area contributed by atoms with Crippen LogP contribution in [0.25, 0.3) is 0 Å². The van der Waals surface area contributed by atoms with Gasteiger partial charge in [0.25, 0.3) is 0 Å². The number of nitrogens with one attached hydrogen (secondary N) is 1. The number of H-pyrrole nitrogens is 1. The number of carbonyl (C=O) groups is 1. The average Bonchev–Trinajstić information content (AvgIpc) is 2.81. The Bertz CT molecular complexity index is 492. The van der Waals surface area contributed by atoms with E-state index >= 15 is 0 Å². The third-order valence-electron chi connectivity index (χ3n) is 5.80. The number of likely N-dealkylation sites (tertiary alicyclic amines) is 1. The summed E-state index contributed by atoms with van der Waals surface area (Å²) in [5.41, 5.74) is 0.182. The van der Waals surface area contributed by atoms with Crippen LogP contribution >= 0.6 is 0 Å². The molecule has 110 valence electrons. The first-order valence-corrected chi connectivity index (χ1v) is 7.53. The molecule has 1 aromatic heterocycles. The molecule has 3 rings (SSSR count). The smallest absolute Gasteiger partial charge is 0.227 e. The number of nitrogens with zero attached hydrogens (tertiary/aromatic N) is 3. The molecule has 1 aliphatic carbocycles. The van der Waals surface area contributed by atoms with Crippen molar-refractivity contribution in [3.05, 3.63) is 12.2 Å². The van der Waals surface area contributed by atoms with Gasteiger partial charge < -0.3 is 4.90 Å². The number of amides is 1. The molecular weight excluding hydrogens is 252 g/mol. The van der Waals surface area contributed by atoms with Gasteiger partial charge in [0.1, 0.15) is 12.2 Å². The number of piperidine rings is 1. The first-order valence-electron chi connectivity index (χ1n) is 7.53. The van der Waals surface area contributed by atoms with Gasteiger partial charge in [-0.2, -0.15) is 5.10 Å². The molecule has 1 aromatic rings. The van der Waals surface area contributed by atoms with Gasteiger partial charge in [-0.05, 0) is 30.1 Å². The fourth-order valence-electron chi connectivity index (χ4n) is 3.83. The lowest BCUT2D eigenvalue weighted by Crippen LogP contribution is -2.41. The maximum atomic E-state index is 13.0. The highest BCUT2D eigenvalue weighted by molar-refractivity contribution is 5.84. The molecule has 0 spiro atoms. The summed E-state index contributed by atoms with van der Waals surface area (Å²) in [5.74, 6) is 1.24. The average molecular weight is 276 g/mol. The van der Waals surface area contributed by atoms with E-state index in [-0.39, 0.29) is 22.8 Å². The fraction of sp³-hybridized carbons (Fsp3) is 0.800. The van der Waals surface area contributed by atoms with Crippen LogP contribution in [0.2, 0.25) is 0 Å². The summed E-state index contributed by atoms with van der Waals surface area (Å²) in [5, 5.41) is 6.87. The highest BCUT2D eigenvalue weighted by atomic mass is 16.2. The number of hydrogen-bond acceptors (Lipinski definition) is 3. The van der Waals surface area contributed by atoms with Crippen molar-refractivity contribution in [3.63, 3.8) is 0 Å². The van der Waals surface area contributed by atoms with Crippen molar-refractivity contribution < 1.29 is 4.79 Å². The molecule has 0 radical (unpaired) electrons. The van der Waals surface area contributed by atoms with Crippen LogP contribution < -0.4 is 0 Å². The van der Waals surface area contributed by atoms with Crippen LogP contribution in [-0.4, -0.2) is 32.5 Å². The van der Waals surface area contributed by atoms with Crippen molar-refractivity contribution in [2.24, 2.45) is 16.7 Å². The van der Waals surface area contributed by atoms with E-state index in [0.29, 0.717) is 5.91 Å². The van der Waals surface area contributed by atoms with Gasteiger partial charge in [0.2, 0.25) is 5.91 Å². The Hall–Kier alpha value is -1.39. The van der Waals surface area contributed by atoms with Crippen LogP contribution in [-0.2, 0) is 4.79 Å². The molecule has 1 unspecified atom stereocenters.